The third kappa shape index (κ3) is 4.79. The molecule has 0 aliphatic rings. The van der Waals surface area contributed by atoms with E-state index >= 15 is 0 Å². The molecular formula is C19H27ClN6O3. The molecule has 0 aliphatic heterocycles. The van der Waals surface area contributed by atoms with Gasteiger partial charge in [0.05, 0.1) is 5.69 Å². The number of hydrogen-bond donors (Lipinski definition) is 2. The quantitative estimate of drug-likeness (QED) is 0.631. The van der Waals surface area contributed by atoms with E-state index in [2.05, 4.69) is 10.1 Å². The number of rotatable bonds is 8. The molecule has 2 heterocycles. The van der Waals surface area contributed by atoms with Gasteiger partial charge >= 0.3 is 5.69 Å². The number of H-pyrrole nitrogens is 1. The van der Waals surface area contributed by atoms with Gasteiger partial charge in [-0.25, -0.2) is 4.79 Å². The summed E-state index contributed by atoms with van der Waals surface area (Å²) in [5.41, 5.74) is 6.13. The van der Waals surface area contributed by atoms with Gasteiger partial charge in [0.15, 0.2) is 5.69 Å². The molecule has 9 nitrogen and oxygen atoms in total. The Morgan fingerprint density at radius 2 is 2.00 bits per heavy atom. The lowest BCUT2D eigenvalue weighted by atomic mass is 10.2. The third-order valence-electron chi connectivity index (χ3n) is 4.52. The van der Waals surface area contributed by atoms with Gasteiger partial charge in [-0.2, -0.15) is 5.10 Å². The zero-order chi connectivity index (χ0) is 21.7. The number of nitrogen functional groups attached to an aromatic ring is 1. The molecule has 0 unspecified atom stereocenters. The average molecular weight is 423 g/mol. The SMILES string of the molecule is CCCCN(C(=O)/C=C/c1c(C)nn(C)c1Cl)c1c(N)n(CCC)c(=O)[nH]c1=O. The highest BCUT2D eigenvalue weighted by Crippen LogP contribution is 2.22. The first-order valence-corrected chi connectivity index (χ1v) is 9.91. The van der Waals surface area contributed by atoms with Crippen LogP contribution < -0.4 is 21.9 Å². The van der Waals surface area contributed by atoms with Gasteiger partial charge in [0, 0.05) is 31.8 Å². The van der Waals surface area contributed by atoms with E-state index < -0.39 is 17.2 Å². The van der Waals surface area contributed by atoms with Crippen LogP contribution in [0.2, 0.25) is 5.15 Å². The number of carbonyl (C=O) groups excluding carboxylic acids is 1. The highest BCUT2D eigenvalue weighted by atomic mass is 35.5. The molecule has 2 rings (SSSR count). The van der Waals surface area contributed by atoms with Crippen molar-refractivity contribution in [2.24, 2.45) is 7.05 Å². The summed E-state index contributed by atoms with van der Waals surface area (Å²) in [6.07, 6.45) is 5.03. The van der Waals surface area contributed by atoms with Crippen molar-refractivity contribution >= 4 is 35.1 Å². The fraction of sp³-hybridized carbons (Fsp3) is 0.474. The van der Waals surface area contributed by atoms with Gasteiger partial charge in [-0.3, -0.25) is 23.8 Å². The number of anilines is 2. The fourth-order valence-electron chi connectivity index (χ4n) is 3.01. The van der Waals surface area contributed by atoms with Crippen LogP contribution in [0, 0.1) is 6.92 Å². The average Bonchev–Trinajstić information content (AvgIpc) is 2.90. The first-order valence-electron chi connectivity index (χ1n) is 9.54. The summed E-state index contributed by atoms with van der Waals surface area (Å²) in [4.78, 5) is 41.1. The number of halogens is 1. The van der Waals surface area contributed by atoms with E-state index in [9.17, 15) is 14.4 Å². The molecule has 10 heteroatoms. The highest BCUT2D eigenvalue weighted by Gasteiger charge is 2.22. The summed E-state index contributed by atoms with van der Waals surface area (Å²) >= 11 is 6.21. The zero-order valence-corrected chi connectivity index (χ0v) is 17.9. The van der Waals surface area contributed by atoms with Gasteiger partial charge < -0.3 is 10.6 Å². The molecular weight excluding hydrogens is 396 g/mol. The van der Waals surface area contributed by atoms with Crippen molar-refractivity contribution in [3.8, 4) is 0 Å². The molecule has 158 valence electrons. The maximum atomic E-state index is 13.0. The molecule has 2 aromatic rings. The van der Waals surface area contributed by atoms with Crippen molar-refractivity contribution < 1.29 is 4.79 Å². The molecule has 0 saturated carbocycles. The lowest BCUT2D eigenvalue weighted by Crippen LogP contribution is -2.41. The Hall–Kier alpha value is -2.81. The van der Waals surface area contributed by atoms with Crippen LogP contribution in [0.25, 0.3) is 6.08 Å². The Kier molecular flexibility index (Phi) is 7.44. The van der Waals surface area contributed by atoms with Gasteiger partial charge in [-0.05, 0) is 25.8 Å². The fourth-order valence-corrected chi connectivity index (χ4v) is 3.25. The van der Waals surface area contributed by atoms with Crippen molar-refractivity contribution in [3.05, 3.63) is 43.3 Å². The monoisotopic (exact) mass is 422 g/mol. The number of nitrogens with two attached hydrogens (primary N) is 1. The molecule has 0 bridgehead atoms. The lowest BCUT2D eigenvalue weighted by molar-refractivity contribution is -0.114. The number of carbonyl (C=O) groups is 1. The molecule has 0 saturated heterocycles. The van der Waals surface area contributed by atoms with Crippen molar-refractivity contribution in [2.45, 2.75) is 46.6 Å². The minimum absolute atomic E-state index is 0.0184. The van der Waals surface area contributed by atoms with Crippen LogP contribution in [0.5, 0.6) is 0 Å². The van der Waals surface area contributed by atoms with Gasteiger partial charge in [0.1, 0.15) is 11.0 Å². The molecule has 0 spiro atoms. The molecule has 1 amide bonds. The van der Waals surface area contributed by atoms with Crippen molar-refractivity contribution in [2.75, 3.05) is 17.2 Å². The van der Waals surface area contributed by atoms with E-state index in [0.29, 0.717) is 35.8 Å². The second-order valence-electron chi connectivity index (χ2n) is 6.74. The number of hydrogen-bond acceptors (Lipinski definition) is 5. The molecule has 0 fully saturated rings. The van der Waals surface area contributed by atoms with Crippen molar-refractivity contribution in [1.82, 2.24) is 19.3 Å². The molecule has 3 N–H and O–H groups in total. The van der Waals surface area contributed by atoms with Crippen LogP contribution >= 0.6 is 11.6 Å². The first-order chi connectivity index (χ1) is 13.7. The summed E-state index contributed by atoms with van der Waals surface area (Å²) in [5.74, 6) is -0.453. The number of aromatic nitrogens is 4. The zero-order valence-electron chi connectivity index (χ0n) is 17.2. The smallest absolute Gasteiger partial charge is 0.330 e. The first kappa shape index (κ1) is 22.5. The van der Waals surface area contributed by atoms with Crippen molar-refractivity contribution in [1.29, 1.82) is 0 Å². The molecule has 0 radical (unpaired) electrons. The Morgan fingerprint density at radius 3 is 2.55 bits per heavy atom. The van der Waals surface area contributed by atoms with Gasteiger partial charge in [0.2, 0.25) is 0 Å². The van der Waals surface area contributed by atoms with E-state index in [-0.39, 0.29) is 18.1 Å². The Labute approximate surface area is 173 Å². The molecule has 0 aromatic carbocycles. The van der Waals surface area contributed by atoms with E-state index in [1.165, 1.54) is 20.2 Å². The summed E-state index contributed by atoms with van der Waals surface area (Å²) < 4.78 is 2.79. The summed E-state index contributed by atoms with van der Waals surface area (Å²) in [7, 11) is 1.71. The minimum Gasteiger partial charge on any atom is -0.383 e. The Balaban J connectivity index is 2.50. The third-order valence-corrected chi connectivity index (χ3v) is 4.97. The molecule has 0 atom stereocenters. The number of nitrogens with one attached hydrogen (secondary N) is 1. The second kappa shape index (κ2) is 9.60. The predicted octanol–water partition coefficient (Wildman–Crippen LogP) is 2.07. The number of amides is 1. The predicted molar refractivity (Wildman–Crippen MR) is 115 cm³/mol. The normalized spacial score (nSPS) is 11.3. The minimum atomic E-state index is -0.687. The largest absolute Gasteiger partial charge is 0.383 e. The molecule has 2 aromatic heterocycles. The van der Waals surface area contributed by atoms with Crippen LogP contribution in [0.1, 0.15) is 44.4 Å². The van der Waals surface area contributed by atoms with Gasteiger partial charge in [-0.1, -0.05) is 31.9 Å². The molecule has 0 aliphatic carbocycles. The standard InChI is InChI=1S/C19H27ClN6O3/c1-5-7-11-25(14(27)9-8-13-12(3)23-24(4)16(13)20)15-17(21)26(10-6-2)19(29)22-18(15)28/h8-9H,5-7,10-11,21H2,1-4H3,(H,22,28,29)/b9-8+. The summed E-state index contributed by atoms with van der Waals surface area (Å²) in [6, 6.07) is 0. The van der Waals surface area contributed by atoms with Crippen molar-refractivity contribution in [3.63, 3.8) is 0 Å². The van der Waals surface area contributed by atoms with Crippen LogP contribution in [0.4, 0.5) is 11.5 Å². The number of aromatic amines is 1. The van der Waals surface area contributed by atoms with Crippen LogP contribution in [0.3, 0.4) is 0 Å². The lowest BCUT2D eigenvalue weighted by Gasteiger charge is -2.23. The summed E-state index contributed by atoms with van der Waals surface area (Å²) in [5, 5.41) is 4.61. The van der Waals surface area contributed by atoms with Crippen LogP contribution in [-0.4, -0.2) is 31.8 Å². The van der Waals surface area contributed by atoms with E-state index in [4.69, 9.17) is 17.3 Å². The Bertz CT molecular complexity index is 1030. The maximum absolute atomic E-state index is 13.0. The van der Waals surface area contributed by atoms with Crippen LogP contribution in [0.15, 0.2) is 15.7 Å². The summed E-state index contributed by atoms with van der Waals surface area (Å²) in [6.45, 7) is 6.28. The van der Waals surface area contributed by atoms with Crippen LogP contribution in [-0.2, 0) is 18.4 Å². The maximum Gasteiger partial charge on any atom is 0.330 e. The second-order valence-corrected chi connectivity index (χ2v) is 7.09. The van der Waals surface area contributed by atoms with E-state index in [0.717, 1.165) is 6.42 Å². The van der Waals surface area contributed by atoms with Gasteiger partial charge in [-0.15, -0.1) is 0 Å². The number of aryl methyl sites for hydroxylation is 2. The van der Waals surface area contributed by atoms with Gasteiger partial charge in [0.25, 0.3) is 11.5 Å². The van der Waals surface area contributed by atoms with E-state index in [1.807, 2.05) is 13.8 Å². The topological polar surface area (TPSA) is 119 Å². The Morgan fingerprint density at radius 1 is 1.31 bits per heavy atom. The van der Waals surface area contributed by atoms with E-state index in [1.54, 1.807) is 20.0 Å². The number of nitrogens with zero attached hydrogens (tertiary/aromatic N) is 4. The number of unbranched alkanes of at least 4 members (excludes halogenated alkanes) is 1. The molecule has 29 heavy (non-hydrogen) atoms. The highest BCUT2D eigenvalue weighted by molar-refractivity contribution is 6.31.